The summed E-state index contributed by atoms with van der Waals surface area (Å²) < 4.78 is 0. The lowest BCUT2D eigenvalue weighted by Crippen LogP contribution is -2.54. The standard InChI is InChI=1S/C30H50O2/c1-18(2)23(19(3)4)9-8-20(5)24-10-11-25-28-26(13-15-30(24,25)7)29(6)14-12-22(31)16-21(29)17-27(28)32/h8-9,17-20,22-28,31-32H,10-16H2,1-7H3/b9-8-/t20-,22+,24-,25+,26+,27+,28+,29+,30-/m1/s1. The molecule has 0 saturated heterocycles. The van der Waals surface area contributed by atoms with Crippen molar-refractivity contribution in [1.29, 1.82) is 0 Å². The smallest absolute Gasteiger partial charge is 0.0757 e. The molecule has 2 N–H and O–H groups in total. The van der Waals surface area contributed by atoms with E-state index >= 15 is 0 Å². The maximum Gasteiger partial charge on any atom is 0.0757 e. The Labute approximate surface area is 198 Å². The fraction of sp³-hybridized carbons (Fsp3) is 0.867. The Morgan fingerprint density at radius 2 is 1.56 bits per heavy atom. The SMILES string of the molecule is CC(C)C(/C=C\[C@@H](C)[C@H]1CC[C@H]2[C@@H]3[C@@H](O)C=C4C[C@@H](O)CC[C@]4(C)[C@H]3CC[C@]12C)C(C)C. The highest BCUT2D eigenvalue weighted by atomic mass is 16.3. The molecule has 0 aromatic rings. The minimum absolute atomic E-state index is 0.190. The van der Waals surface area contributed by atoms with Crippen LogP contribution in [0.15, 0.2) is 23.8 Å². The summed E-state index contributed by atoms with van der Waals surface area (Å²) in [6.45, 7) is 16.9. The van der Waals surface area contributed by atoms with Gasteiger partial charge in [0, 0.05) is 0 Å². The molecule has 4 aliphatic rings. The molecule has 4 rings (SSSR count). The Morgan fingerprint density at radius 1 is 0.875 bits per heavy atom. The van der Waals surface area contributed by atoms with Crippen LogP contribution < -0.4 is 0 Å². The van der Waals surface area contributed by atoms with Crippen LogP contribution in [0.1, 0.15) is 93.4 Å². The van der Waals surface area contributed by atoms with Crippen LogP contribution in [0.3, 0.4) is 0 Å². The number of hydrogen-bond acceptors (Lipinski definition) is 2. The van der Waals surface area contributed by atoms with Crippen LogP contribution in [0, 0.1) is 58.2 Å². The summed E-state index contributed by atoms with van der Waals surface area (Å²) in [6, 6.07) is 0. The van der Waals surface area contributed by atoms with Crippen LogP contribution >= 0.6 is 0 Å². The molecular formula is C30H50O2. The van der Waals surface area contributed by atoms with Crippen LogP contribution in [0.25, 0.3) is 0 Å². The number of aliphatic hydroxyl groups excluding tert-OH is 2. The van der Waals surface area contributed by atoms with Crippen LogP contribution in [-0.2, 0) is 0 Å². The average Bonchev–Trinajstić information content (AvgIpc) is 3.06. The van der Waals surface area contributed by atoms with E-state index in [1.807, 2.05) is 0 Å². The van der Waals surface area contributed by atoms with E-state index in [0.29, 0.717) is 46.8 Å². The summed E-state index contributed by atoms with van der Waals surface area (Å²) in [4.78, 5) is 0. The molecule has 0 amide bonds. The maximum atomic E-state index is 11.4. The molecule has 0 spiro atoms. The minimum Gasteiger partial charge on any atom is -0.393 e. The lowest BCUT2D eigenvalue weighted by Gasteiger charge is -2.59. The normalized spacial score (nSPS) is 45.2. The van der Waals surface area contributed by atoms with Gasteiger partial charge in [0.2, 0.25) is 0 Å². The van der Waals surface area contributed by atoms with E-state index in [1.165, 1.54) is 31.3 Å². The predicted molar refractivity (Wildman–Crippen MR) is 134 cm³/mol. The van der Waals surface area contributed by atoms with Gasteiger partial charge in [-0.15, -0.1) is 0 Å². The lowest BCUT2D eigenvalue weighted by atomic mass is 9.46. The molecule has 182 valence electrons. The minimum atomic E-state index is -0.325. The van der Waals surface area contributed by atoms with Gasteiger partial charge in [-0.3, -0.25) is 0 Å². The molecule has 0 aliphatic heterocycles. The first-order valence-electron chi connectivity index (χ1n) is 13.7. The van der Waals surface area contributed by atoms with Crippen molar-refractivity contribution in [2.24, 2.45) is 58.2 Å². The molecular weight excluding hydrogens is 392 g/mol. The zero-order valence-electron chi connectivity index (χ0n) is 21.8. The first-order chi connectivity index (χ1) is 15.0. The van der Waals surface area contributed by atoms with Crippen LogP contribution in [0.5, 0.6) is 0 Å². The monoisotopic (exact) mass is 442 g/mol. The van der Waals surface area contributed by atoms with E-state index in [1.54, 1.807) is 0 Å². The summed E-state index contributed by atoms with van der Waals surface area (Å²) in [5.74, 6) is 4.98. The molecule has 4 aliphatic carbocycles. The molecule has 2 nitrogen and oxygen atoms in total. The van der Waals surface area contributed by atoms with Crippen molar-refractivity contribution in [3.05, 3.63) is 23.8 Å². The number of hydrogen-bond donors (Lipinski definition) is 2. The van der Waals surface area contributed by atoms with Gasteiger partial charge in [-0.25, -0.2) is 0 Å². The Hall–Kier alpha value is -0.600. The van der Waals surface area contributed by atoms with Gasteiger partial charge in [-0.1, -0.05) is 72.3 Å². The summed E-state index contributed by atoms with van der Waals surface area (Å²) in [7, 11) is 0. The van der Waals surface area contributed by atoms with Crippen molar-refractivity contribution < 1.29 is 10.2 Å². The van der Waals surface area contributed by atoms with E-state index in [4.69, 9.17) is 0 Å². The van der Waals surface area contributed by atoms with Crippen molar-refractivity contribution in [3.63, 3.8) is 0 Å². The maximum absolute atomic E-state index is 11.4. The molecule has 0 heterocycles. The quantitative estimate of drug-likeness (QED) is 0.449. The third-order valence-corrected chi connectivity index (χ3v) is 11.0. The fourth-order valence-electron chi connectivity index (χ4n) is 9.19. The highest BCUT2D eigenvalue weighted by Crippen LogP contribution is 2.67. The van der Waals surface area contributed by atoms with Gasteiger partial charge in [0.25, 0.3) is 0 Å². The van der Waals surface area contributed by atoms with Gasteiger partial charge < -0.3 is 10.2 Å². The van der Waals surface area contributed by atoms with E-state index < -0.39 is 0 Å². The highest BCUT2D eigenvalue weighted by Gasteiger charge is 2.61. The van der Waals surface area contributed by atoms with E-state index in [0.717, 1.165) is 25.2 Å². The second kappa shape index (κ2) is 8.88. The molecule has 9 atom stereocenters. The Kier molecular flexibility index (Phi) is 6.80. The molecule has 0 bridgehead atoms. The largest absolute Gasteiger partial charge is 0.393 e. The number of aliphatic hydroxyl groups is 2. The van der Waals surface area contributed by atoms with Crippen LogP contribution in [0.2, 0.25) is 0 Å². The number of rotatable bonds is 5. The van der Waals surface area contributed by atoms with E-state index in [-0.39, 0.29) is 17.6 Å². The summed E-state index contributed by atoms with van der Waals surface area (Å²) in [6.07, 6.45) is 14.6. The van der Waals surface area contributed by atoms with Crippen molar-refractivity contribution in [2.75, 3.05) is 0 Å². The summed E-state index contributed by atoms with van der Waals surface area (Å²) in [5.41, 5.74) is 1.89. The van der Waals surface area contributed by atoms with E-state index in [2.05, 4.69) is 66.7 Å². The van der Waals surface area contributed by atoms with Gasteiger partial charge in [-0.05, 0) is 103 Å². The third-order valence-electron chi connectivity index (χ3n) is 11.0. The molecule has 0 aromatic carbocycles. The second-order valence-electron chi connectivity index (χ2n) is 13.3. The Balaban J connectivity index is 1.56. The molecule has 0 radical (unpaired) electrons. The van der Waals surface area contributed by atoms with Gasteiger partial charge in [0.15, 0.2) is 0 Å². The first kappa shape index (κ1) is 24.5. The van der Waals surface area contributed by atoms with Crippen molar-refractivity contribution in [2.45, 2.75) is 106 Å². The molecule has 32 heavy (non-hydrogen) atoms. The highest BCUT2D eigenvalue weighted by molar-refractivity contribution is 5.28. The zero-order chi connectivity index (χ0) is 23.4. The van der Waals surface area contributed by atoms with Crippen molar-refractivity contribution >= 4 is 0 Å². The van der Waals surface area contributed by atoms with Crippen molar-refractivity contribution in [1.82, 2.24) is 0 Å². The number of fused-ring (bicyclic) bond motifs is 5. The van der Waals surface area contributed by atoms with Gasteiger partial charge >= 0.3 is 0 Å². The average molecular weight is 443 g/mol. The second-order valence-corrected chi connectivity index (χ2v) is 13.3. The molecule has 3 saturated carbocycles. The topological polar surface area (TPSA) is 40.5 Å². The molecule has 0 aromatic heterocycles. The van der Waals surface area contributed by atoms with Crippen LogP contribution in [-0.4, -0.2) is 22.4 Å². The zero-order valence-corrected chi connectivity index (χ0v) is 21.8. The predicted octanol–water partition coefficient (Wildman–Crippen LogP) is 7.02. The molecule has 0 unspecified atom stereocenters. The lowest BCUT2D eigenvalue weighted by molar-refractivity contribution is -0.0950. The first-order valence-corrected chi connectivity index (χ1v) is 13.7. The van der Waals surface area contributed by atoms with Gasteiger partial charge in [-0.2, -0.15) is 0 Å². The Bertz CT molecular complexity index is 727. The number of allylic oxidation sites excluding steroid dienone is 2. The van der Waals surface area contributed by atoms with Crippen molar-refractivity contribution in [3.8, 4) is 0 Å². The van der Waals surface area contributed by atoms with Gasteiger partial charge in [0.05, 0.1) is 12.2 Å². The molecule has 2 heteroatoms. The molecule has 3 fully saturated rings. The Morgan fingerprint density at radius 3 is 2.22 bits per heavy atom. The van der Waals surface area contributed by atoms with Gasteiger partial charge in [0.1, 0.15) is 0 Å². The van der Waals surface area contributed by atoms with E-state index in [9.17, 15) is 10.2 Å². The third kappa shape index (κ3) is 3.96. The summed E-state index contributed by atoms with van der Waals surface area (Å²) >= 11 is 0. The summed E-state index contributed by atoms with van der Waals surface area (Å²) in [5, 5.41) is 21.6. The fourth-order valence-corrected chi connectivity index (χ4v) is 9.19. The van der Waals surface area contributed by atoms with Crippen LogP contribution in [0.4, 0.5) is 0 Å².